The molecule has 2 aromatic rings. The quantitative estimate of drug-likeness (QED) is 0.637. The molecule has 1 heterocycles. The number of hydrogen-bond donors (Lipinski definition) is 0. The lowest BCUT2D eigenvalue weighted by Gasteiger charge is -1.96. The standard InChI is InChI=1S/C9H5ClF2S/c10-4-5-1-7(11)6-3-9(12)13-8(6)2-5/h1-3H,4H2. The van der Waals surface area contributed by atoms with Gasteiger partial charge in [-0.15, -0.1) is 22.9 Å². The Bertz CT molecular complexity index is 450. The molecule has 0 atom stereocenters. The van der Waals surface area contributed by atoms with E-state index in [1.54, 1.807) is 6.07 Å². The molecule has 0 saturated carbocycles. The second-order valence-electron chi connectivity index (χ2n) is 2.67. The molecule has 4 heteroatoms. The van der Waals surface area contributed by atoms with Gasteiger partial charge in [-0.05, 0) is 23.8 Å². The van der Waals surface area contributed by atoms with Crippen molar-refractivity contribution in [1.82, 2.24) is 0 Å². The number of rotatable bonds is 1. The van der Waals surface area contributed by atoms with Gasteiger partial charge in [-0.25, -0.2) is 4.39 Å². The van der Waals surface area contributed by atoms with E-state index in [2.05, 4.69) is 0 Å². The van der Waals surface area contributed by atoms with E-state index in [0.29, 0.717) is 15.6 Å². The summed E-state index contributed by atoms with van der Waals surface area (Å²) < 4.78 is 26.6. The molecule has 0 fully saturated rings. The van der Waals surface area contributed by atoms with Gasteiger partial charge in [-0.1, -0.05) is 0 Å². The first-order valence-electron chi connectivity index (χ1n) is 3.64. The van der Waals surface area contributed by atoms with Gasteiger partial charge in [0.25, 0.3) is 0 Å². The van der Waals surface area contributed by atoms with Crippen LogP contribution in [0.2, 0.25) is 0 Å². The Balaban J connectivity index is 2.75. The van der Waals surface area contributed by atoms with Crippen molar-refractivity contribution >= 4 is 33.0 Å². The maximum absolute atomic E-state index is 13.2. The Hall–Kier alpha value is -0.670. The summed E-state index contributed by atoms with van der Waals surface area (Å²) in [5.41, 5.74) is 0.675. The molecular formula is C9H5ClF2S. The van der Waals surface area contributed by atoms with Gasteiger partial charge >= 0.3 is 0 Å². The van der Waals surface area contributed by atoms with Crippen molar-refractivity contribution < 1.29 is 8.78 Å². The van der Waals surface area contributed by atoms with Gasteiger partial charge in [-0.3, -0.25) is 0 Å². The second-order valence-corrected chi connectivity index (χ2v) is 3.97. The van der Waals surface area contributed by atoms with Gasteiger partial charge in [0.2, 0.25) is 0 Å². The third-order valence-electron chi connectivity index (χ3n) is 1.77. The maximum Gasteiger partial charge on any atom is 0.177 e. The third kappa shape index (κ3) is 1.54. The van der Waals surface area contributed by atoms with Crippen LogP contribution in [-0.2, 0) is 5.88 Å². The molecule has 0 aliphatic heterocycles. The molecule has 0 bridgehead atoms. The minimum atomic E-state index is -0.409. The predicted molar refractivity (Wildman–Crippen MR) is 51.3 cm³/mol. The molecule has 0 amide bonds. The lowest BCUT2D eigenvalue weighted by molar-refractivity contribution is 0.635. The SMILES string of the molecule is Fc1cc2c(F)cc(CCl)cc2s1. The summed E-state index contributed by atoms with van der Waals surface area (Å²) >= 11 is 6.48. The molecule has 2 rings (SSSR count). The van der Waals surface area contributed by atoms with Crippen molar-refractivity contribution in [1.29, 1.82) is 0 Å². The molecule has 0 aliphatic carbocycles. The summed E-state index contributed by atoms with van der Waals surface area (Å²) in [6, 6.07) is 4.24. The lowest BCUT2D eigenvalue weighted by Crippen LogP contribution is -1.80. The van der Waals surface area contributed by atoms with Crippen molar-refractivity contribution in [3.05, 3.63) is 34.7 Å². The minimum Gasteiger partial charge on any atom is -0.206 e. The van der Waals surface area contributed by atoms with Gasteiger partial charge in [0.1, 0.15) is 5.82 Å². The van der Waals surface area contributed by atoms with E-state index in [-0.39, 0.29) is 11.0 Å². The van der Waals surface area contributed by atoms with Crippen LogP contribution in [0.3, 0.4) is 0 Å². The molecule has 0 nitrogen and oxygen atoms in total. The maximum atomic E-state index is 13.2. The number of benzene rings is 1. The van der Waals surface area contributed by atoms with Crippen LogP contribution in [0.25, 0.3) is 10.1 Å². The Labute approximate surface area is 82.8 Å². The van der Waals surface area contributed by atoms with Crippen LogP contribution in [0.5, 0.6) is 0 Å². The van der Waals surface area contributed by atoms with Gasteiger partial charge in [0.05, 0.1) is 0 Å². The van der Waals surface area contributed by atoms with Gasteiger partial charge in [0, 0.05) is 16.0 Å². The summed E-state index contributed by atoms with van der Waals surface area (Å²) in [6.07, 6.45) is 0. The monoisotopic (exact) mass is 218 g/mol. The smallest absolute Gasteiger partial charge is 0.177 e. The Morgan fingerprint density at radius 2 is 2.00 bits per heavy atom. The van der Waals surface area contributed by atoms with Crippen LogP contribution < -0.4 is 0 Å². The van der Waals surface area contributed by atoms with Crippen molar-refractivity contribution in [3.8, 4) is 0 Å². The Kier molecular flexibility index (Phi) is 2.22. The lowest BCUT2D eigenvalue weighted by atomic mass is 10.2. The first-order chi connectivity index (χ1) is 6.20. The van der Waals surface area contributed by atoms with Gasteiger partial charge in [-0.2, -0.15) is 4.39 Å². The summed E-state index contributed by atoms with van der Waals surface area (Å²) in [5.74, 6) is -0.167. The third-order valence-corrected chi connectivity index (χ3v) is 2.95. The number of thiophene rings is 1. The predicted octanol–water partition coefficient (Wildman–Crippen LogP) is 3.92. The Morgan fingerprint density at radius 3 is 2.69 bits per heavy atom. The average Bonchev–Trinajstić information content (AvgIpc) is 2.46. The fourth-order valence-corrected chi connectivity index (χ4v) is 2.21. The van der Waals surface area contributed by atoms with Crippen LogP contribution >= 0.6 is 22.9 Å². The van der Waals surface area contributed by atoms with E-state index in [4.69, 9.17) is 11.6 Å². The van der Waals surface area contributed by atoms with E-state index in [1.807, 2.05) is 0 Å². The molecule has 0 radical (unpaired) electrons. The number of hydrogen-bond acceptors (Lipinski definition) is 1. The molecule has 0 saturated heterocycles. The average molecular weight is 219 g/mol. The van der Waals surface area contributed by atoms with E-state index in [0.717, 1.165) is 11.3 Å². The first-order valence-corrected chi connectivity index (χ1v) is 4.99. The van der Waals surface area contributed by atoms with Crippen molar-refractivity contribution in [2.45, 2.75) is 5.88 Å². The van der Waals surface area contributed by atoms with Gasteiger partial charge < -0.3 is 0 Å². The summed E-state index contributed by atoms with van der Waals surface area (Å²) in [5, 5.41) is -0.0445. The van der Waals surface area contributed by atoms with Crippen molar-refractivity contribution in [2.75, 3.05) is 0 Å². The van der Waals surface area contributed by atoms with E-state index in [1.165, 1.54) is 12.1 Å². The molecule has 68 valence electrons. The van der Waals surface area contributed by atoms with E-state index >= 15 is 0 Å². The molecule has 0 N–H and O–H groups in total. The highest BCUT2D eigenvalue weighted by Gasteiger charge is 2.07. The zero-order valence-corrected chi connectivity index (χ0v) is 8.05. The summed E-state index contributed by atoms with van der Waals surface area (Å²) in [4.78, 5) is 0. The topological polar surface area (TPSA) is 0 Å². The van der Waals surface area contributed by atoms with Crippen molar-refractivity contribution in [3.63, 3.8) is 0 Å². The molecule has 1 aromatic carbocycles. The van der Waals surface area contributed by atoms with Crippen molar-refractivity contribution in [2.24, 2.45) is 0 Å². The fourth-order valence-electron chi connectivity index (χ4n) is 1.20. The Morgan fingerprint density at radius 1 is 1.23 bits per heavy atom. The molecule has 0 aliphatic rings. The fraction of sp³-hybridized carbons (Fsp3) is 0.111. The zero-order valence-electron chi connectivity index (χ0n) is 6.48. The van der Waals surface area contributed by atoms with E-state index < -0.39 is 5.82 Å². The first kappa shape index (κ1) is 8.91. The second kappa shape index (κ2) is 3.24. The van der Waals surface area contributed by atoms with Crippen LogP contribution in [0.4, 0.5) is 8.78 Å². The van der Waals surface area contributed by atoms with Crippen LogP contribution in [0.1, 0.15) is 5.56 Å². The molecule has 1 aromatic heterocycles. The molecule has 0 spiro atoms. The number of alkyl halides is 1. The van der Waals surface area contributed by atoms with Crippen LogP contribution in [0, 0.1) is 10.9 Å². The van der Waals surface area contributed by atoms with Gasteiger partial charge in [0.15, 0.2) is 5.13 Å². The highest BCUT2D eigenvalue weighted by Crippen LogP contribution is 2.28. The summed E-state index contributed by atoms with van der Waals surface area (Å²) in [6.45, 7) is 0. The molecule has 13 heavy (non-hydrogen) atoms. The van der Waals surface area contributed by atoms with Crippen LogP contribution in [0.15, 0.2) is 18.2 Å². The normalized spacial score (nSPS) is 11.0. The number of halogens is 3. The minimum absolute atomic E-state index is 0.242. The highest BCUT2D eigenvalue weighted by molar-refractivity contribution is 7.17. The number of fused-ring (bicyclic) bond motifs is 1. The largest absolute Gasteiger partial charge is 0.206 e. The van der Waals surface area contributed by atoms with E-state index in [9.17, 15) is 8.78 Å². The molecule has 0 unspecified atom stereocenters. The summed E-state index contributed by atoms with van der Waals surface area (Å²) in [7, 11) is 0. The van der Waals surface area contributed by atoms with Crippen LogP contribution in [-0.4, -0.2) is 0 Å². The highest BCUT2D eigenvalue weighted by atomic mass is 35.5. The molecular weight excluding hydrogens is 214 g/mol. The zero-order chi connectivity index (χ0) is 9.42.